The van der Waals surface area contributed by atoms with Crippen molar-refractivity contribution in [3.05, 3.63) is 0 Å². The molecule has 0 aliphatic rings. The van der Waals surface area contributed by atoms with Crippen molar-refractivity contribution < 1.29 is 30.6 Å². The van der Waals surface area contributed by atoms with E-state index in [0.717, 1.165) is 18.4 Å². The minimum Gasteiger partial charge on any atom is -1.00 e. The smallest absolute Gasteiger partial charge is 0.500 e. The number of halogens is 1. The Labute approximate surface area is 145 Å². The average molecular weight is 356 g/mol. The molecule has 0 heterocycles. The molecule has 0 saturated heterocycles. The molecule has 0 aromatic carbocycles. The van der Waals surface area contributed by atoms with E-state index >= 15 is 0 Å². The minimum atomic E-state index is -2.37. The second kappa shape index (κ2) is 14.9. The summed E-state index contributed by atoms with van der Waals surface area (Å²) in [5.74, 6) is 0.837. The average Bonchev–Trinajstić information content (AvgIpc) is 2.49. The van der Waals surface area contributed by atoms with Crippen molar-refractivity contribution in [3.8, 4) is 0 Å². The highest BCUT2D eigenvalue weighted by molar-refractivity contribution is 6.60. The number of unbranched alkanes of at least 4 members (excludes halogenated alkanes) is 2. The molecule has 0 rings (SSSR count). The van der Waals surface area contributed by atoms with E-state index in [4.69, 9.17) is 13.3 Å². The van der Waals surface area contributed by atoms with Crippen LogP contribution < -0.4 is 17.3 Å². The zero-order valence-electron chi connectivity index (χ0n) is 15.5. The lowest BCUT2D eigenvalue weighted by Crippen LogP contribution is -3.05. The molecule has 1 atom stereocenters. The molecule has 0 spiro atoms. The molecule has 0 aromatic heterocycles. The van der Waals surface area contributed by atoms with E-state index in [1.165, 1.54) is 45.1 Å². The molecule has 4 nitrogen and oxygen atoms in total. The summed E-state index contributed by atoms with van der Waals surface area (Å²) < 4.78 is 16.5. The van der Waals surface area contributed by atoms with Crippen LogP contribution in [0, 0.1) is 5.92 Å². The van der Waals surface area contributed by atoms with Crippen LogP contribution in [0.4, 0.5) is 0 Å². The molecule has 22 heavy (non-hydrogen) atoms. The third-order valence-corrected chi connectivity index (χ3v) is 7.13. The van der Waals surface area contributed by atoms with Crippen LogP contribution in [0.2, 0.25) is 6.04 Å². The molecule has 0 amide bonds. The fraction of sp³-hybridized carbons (Fsp3) is 1.00. The maximum absolute atomic E-state index is 5.51. The largest absolute Gasteiger partial charge is 1.00 e. The van der Waals surface area contributed by atoms with Crippen molar-refractivity contribution in [1.82, 2.24) is 0 Å². The zero-order valence-corrected chi connectivity index (χ0v) is 17.3. The lowest BCUT2D eigenvalue weighted by atomic mass is 9.93. The Morgan fingerprint density at radius 3 is 1.86 bits per heavy atom. The number of rotatable bonds is 14. The Hall–Kier alpha value is 0.347. The fourth-order valence-corrected chi connectivity index (χ4v) is 4.52. The first-order chi connectivity index (χ1) is 10.0. The van der Waals surface area contributed by atoms with Crippen LogP contribution in [0.3, 0.4) is 0 Å². The van der Waals surface area contributed by atoms with Gasteiger partial charge in [-0.3, -0.25) is 0 Å². The Bertz CT molecular complexity index is 233. The summed E-state index contributed by atoms with van der Waals surface area (Å²) >= 11 is 0. The van der Waals surface area contributed by atoms with Crippen LogP contribution in [-0.2, 0) is 13.3 Å². The second-order valence-corrected chi connectivity index (χ2v) is 9.39. The van der Waals surface area contributed by atoms with E-state index in [0.29, 0.717) is 0 Å². The van der Waals surface area contributed by atoms with Crippen molar-refractivity contribution in [2.75, 3.05) is 42.0 Å². The lowest BCUT2D eigenvalue weighted by molar-refractivity contribution is -0.858. The maximum Gasteiger partial charge on any atom is 0.500 e. The van der Waals surface area contributed by atoms with Crippen LogP contribution in [0.15, 0.2) is 0 Å². The van der Waals surface area contributed by atoms with Gasteiger partial charge in [0.2, 0.25) is 0 Å². The molecule has 1 N–H and O–H groups in total. The highest BCUT2D eigenvalue weighted by Gasteiger charge is 2.37. The molecule has 1 unspecified atom stereocenters. The van der Waals surface area contributed by atoms with Crippen LogP contribution in [0.5, 0.6) is 0 Å². The van der Waals surface area contributed by atoms with Crippen molar-refractivity contribution in [3.63, 3.8) is 0 Å². The van der Waals surface area contributed by atoms with Crippen molar-refractivity contribution in [2.45, 2.75) is 57.9 Å². The number of hydrogen-bond acceptors (Lipinski definition) is 3. The van der Waals surface area contributed by atoms with Gasteiger partial charge >= 0.3 is 8.80 Å². The predicted octanol–water partition coefficient (Wildman–Crippen LogP) is -0.620. The van der Waals surface area contributed by atoms with Gasteiger partial charge in [0.25, 0.3) is 0 Å². The third kappa shape index (κ3) is 11.0. The number of hydrogen-bond donors (Lipinski definition) is 1. The fourth-order valence-electron chi connectivity index (χ4n) is 2.77. The molecule has 0 bridgehead atoms. The molecule has 0 radical (unpaired) electrons. The molecule has 6 heteroatoms. The first kappa shape index (κ1) is 24.6. The molecule has 0 aliphatic heterocycles. The SMILES string of the molecule is CCCCCC(CCC[Si](OC)(OC)OC)CC[NH+](C)C.[Cl-]. The molecule has 0 aromatic rings. The summed E-state index contributed by atoms with van der Waals surface area (Å²) in [6.07, 6.45) is 9.13. The monoisotopic (exact) mass is 355 g/mol. The van der Waals surface area contributed by atoms with Gasteiger partial charge < -0.3 is 30.6 Å². The molecule has 0 saturated carbocycles. The molecule has 0 aliphatic carbocycles. The van der Waals surface area contributed by atoms with E-state index < -0.39 is 8.80 Å². The van der Waals surface area contributed by atoms with E-state index in [-0.39, 0.29) is 12.4 Å². The van der Waals surface area contributed by atoms with Gasteiger partial charge in [0.05, 0.1) is 20.6 Å². The summed E-state index contributed by atoms with van der Waals surface area (Å²) in [4.78, 5) is 1.55. The van der Waals surface area contributed by atoms with E-state index in [1.807, 2.05) is 0 Å². The summed E-state index contributed by atoms with van der Waals surface area (Å²) in [5, 5.41) is 0. The van der Waals surface area contributed by atoms with Crippen LogP contribution in [-0.4, -0.2) is 50.8 Å². The van der Waals surface area contributed by atoms with Gasteiger partial charge in [-0.05, 0) is 18.8 Å². The quantitative estimate of drug-likeness (QED) is 0.333. The Morgan fingerprint density at radius 1 is 0.864 bits per heavy atom. The maximum atomic E-state index is 5.51. The van der Waals surface area contributed by atoms with Crippen molar-refractivity contribution in [1.29, 1.82) is 0 Å². The second-order valence-electron chi connectivity index (χ2n) is 6.30. The van der Waals surface area contributed by atoms with Gasteiger partial charge in [-0.25, -0.2) is 0 Å². The summed E-state index contributed by atoms with van der Waals surface area (Å²) in [6.45, 7) is 3.53. The summed E-state index contributed by atoms with van der Waals surface area (Å²) in [6, 6.07) is 0.926. The first-order valence-corrected chi connectivity index (χ1v) is 10.4. The Morgan fingerprint density at radius 2 is 1.41 bits per heavy atom. The highest BCUT2D eigenvalue weighted by atomic mass is 35.5. The van der Waals surface area contributed by atoms with Gasteiger partial charge in [0.1, 0.15) is 0 Å². The van der Waals surface area contributed by atoms with Crippen LogP contribution >= 0.6 is 0 Å². The number of nitrogens with one attached hydrogen (secondary N) is 1. The van der Waals surface area contributed by atoms with Gasteiger partial charge in [-0.15, -0.1) is 0 Å². The zero-order chi connectivity index (χ0) is 16.1. The van der Waals surface area contributed by atoms with Gasteiger partial charge in [0, 0.05) is 27.4 Å². The Kier molecular flexibility index (Phi) is 16.7. The van der Waals surface area contributed by atoms with E-state index in [1.54, 1.807) is 26.2 Å². The van der Waals surface area contributed by atoms with Crippen LogP contribution in [0.1, 0.15) is 51.9 Å². The highest BCUT2D eigenvalue weighted by Crippen LogP contribution is 2.23. The topological polar surface area (TPSA) is 32.1 Å². The Balaban J connectivity index is 0. The summed E-state index contributed by atoms with van der Waals surface area (Å²) in [5.41, 5.74) is 0. The van der Waals surface area contributed by atoms with E-state index in [9.17, 15) is 0 Å². The lowest BCUT2D eigenvalue weighted by Gasteiger charge is -2.25. The van der Waals surface area contributed by atoms with Crippen molar-refractivity contribution in [2.24, 2.45) is 5.92 Å². The minimum absolute atomic E-state index is 0. The van der Waals surface area contributed by atoms with Gasteiger partial charge in [-0.1, -0.05) is 39.0 Å². The first-order valence-electron chi connectivity index (χ1n) is 8.48. The predicted molar refractivity (Wildman–Crippen MR) is 90.7 cm³/mol. The normalized spacial score (nSPS) is 13.2. The molecule has 136 valence electrons. The molecular weight excluding hydrogens is 318 g/mol. The number of quaternary nitrogens is 1. The van der Waals surface area contributed by atoms with Gasteiger partial charge in [-0.2, -0.15) is 0 Å². The van der Waals surface area contributed by atoms with E-state index in [2.05, 4.69) is 21.0 Å². The third-order valence-electron chi connectivity index (χ3n) is 4.30. The van der Waals surface area contributed by atoms with Gasteiger partial charge in [0.15, 0.2) is 0 Å². The molecule has 0 fully saturated rings. The van der Waals surface area contributed by atoms with Crippen molar-refractivity contribution >= 4 is 8.80 Å². The van der Waals surface area contributed by atoms with Crippen LogP contribution in [0.25, 0.3) is 0 Å². The standard InChI is InChI=1S/C16H37NO3Si.ClH/c1-7-8-9-11-16(13-14-17(2)3)12-10-15-21(18-4,19-5)20-6;/h16H,7-15H2,1-6H3;1H. The molecular formula is C16H38ClNO3Si. The summed E-state index contributed by atoms with van der Waals surface area (Å²) in [7, 11) is 7.21.